The summed E-state index contributed by atoms with van der Waals surface area (Å²) in [6, 6.07) is 0.541. The average Bonchev–Trinajstić information content (AvgIpc) is 2.39. The van der Waals surface area contributed by atoms with E-state index in [0.717, 1.165) is 36.5 Å². The normalized spacial score (nSPS) is 39.6. The topological polar surface area (TPSA) is 61.4 Å². The van der Waals surface area contributed by atoms with E-state index in [4.69, 9.17) is 5.11 Å². The van der Waals surface area contributed by atoms with Crippen LogP contribution in [0.1, 0.15) is 51.9 Å². The summed E-state index contributed by atoms with van der Waals surface area (Å²) in [5.41, 5.74) is 0. The molecule has 2 amide bonds. The second-order valence-electron chi connectivity index (χ2n) is 7.34. The van der Waals surface area contributed by atoms with E-state index in [1.165, 1.54) is 32.1 Å². The van der Waals surface area contributed by atoms with Gasteiger partial charge in [0.25, 0.3) is 0 Å². The SMILES string of the molecule is CC(CCCO)NC(=O)NC1C2CC3CC(C2)CC1C3. The zero-order valence-corrected chi connectivity index (χ0v) is 12.5. The van der Waals surface area contributed by atoms with Crippen molar-refractivity contribution < 1.29 is 9.90 Å². The number of amides is 2. The number of carbonyl (C=O) groups is 1. The fraction of sp³-hybridized carbons (Fsp3) is 0.938. The number of hydrogen-bond acceptors (Lipinski definition) is 2. The predicted octanol–water partition coefficient (Wildman–Crippen LogP) is 2.27. The number of hydrogen-bond donors (Lipinski definition) is 3. The van der Waals surface area contributed by atoms with Crippen molar-refractivity contribution in [1.82, 2.24) is 10.6 Å². The Morgan fingerprint density at radius 3 is 2.30 bits per heavy atom. The molecule has 0 aromatic heterocycles. The molecule has 4 aliphatic rings. The van der Waals surface area contributed by atoms with Crippen molar-refractivity contribution in [2.75, 3.05) is 6.61 Å². The van der Waals surface area contributed by atoms with E-state index in [0.29, 0.717) is 6.04 Å². The van der Waals surface area contributed by atoms with Crippen LogP contribution in [0.25, 0.3) is 0 Å². The lowest BCUT2D eigenvalue weighted by molar-refractivity contribution is -0.00951. The third kappa shape index (κ3) is 2.95. The standard InChI is InChI=1S/C16H28N2O2/c1-10(3-2-4-19)17-16(20)18-15-13-6-11-5-12(8-13)9-14(15)7-11/h10-15,19H,2-9H2,1H3,(H2,17,18,20). The molecule has 1 unspecified atom stereocenters. The Bertz CT molecular complexity index is 330. The highest BCUT2D eigenvalue weighted by Crippen LogP contribution is 2.53. The number of urea groups is 1. The van der Waals surface area contributed by atoms with Gasteiger partial charge in [-0.1, -0.05) is 0 Å². The molecule has 4 bridgehead atoms. The number of carbonyl (C=O) groups excluding carboxylic acids is 1. The number of nitrogens with one attached hydrogen (secondary N) is 2. The molecule has 114 valence electrons. The molecule has 4 heteroatoms. The van der Waals surface area contributed by atoms with Gasteiger partial charge in [0, 0.05) is 18.7 Å². The Balaban J connectivity index is 1.49. The molecule has 4 saturated carbocycles. The van der Waals surface area contributed by atoms with Crippen molar-refractivity contribution in [3.63, 3.8) is 0 Å². The van der Waals surface area contributed by atoms with Gasteiger partial charge in [-0.2, -0.15) is 0 Å². The van der Waals surface area contributed by atoms with E-state index in [-0.39, 0.29) is 18.7 Å². The van der Waals surface area contributed by atoms with Gasteiger partial charge in [0.2, 0.25) is 0 Å². The lowest BCUT2D eigenvalue weighted by Crippen LogP contribution is -2.58. The van der Waals surface area contributed by atoms with Crippen molar-refractivity contribution in [2.24, 2.45) is 23.7 Å². The van der Waals surface area contributed by atoms with E-state index in [2.05, 4.69) is 10.6 Å². The van der Waals surface area contributed by atoms with E-state index in [1.807, 2.05) is 6.92 Å². The number of aliphatic hydroxyl groups is 1. The largest absolute Gasteiger partial charge is 0.396 e. The van der Waals surface area contributed by atoms with Gasteiger partial charge in [-0.3, -0.25) is 0 Å². The molecule has 0 radical (unpaired) electrons. The minimum atomic E-state index is -0.00656. The Morgan fingerprint density at radius 1 is 1.15 bits per heavy atom. The van der Waals surface area contributed by atoms with Crippen LogP contribution in [0.4, 0.5) is 4.79 Å². The smallest absolute Gasteiger partial charge is 0.315 e. The molecule has 20 heavy (non-hydrogen) atoms. The third-order valence-corrected chi connectivity index (χ3v) is 5.70. The Hall–Kier alpha value is -0.770. The summed E-state index contributed by atoms with van der Waals surface area (Å²) < 4.78 is 0. The molecule has 4 fully saturated rings. The number of aliphatic hydroxyl groups excluding tert-OH is 1. The van der Waals surface area contributed by atoms with Crippen LogP contribution in [0.2, 0.25) is 0 Å². The van der Waals surface area contributed by atoms with Crippen LogP contribution >= 0.6 is 0 Å². The van der Waals surface area contributed by atoms with E-state index in [1.54, 1.807) is 0 Å². The predicted molar refractivity (Wildman–Crippen MR) is 78.3 cm³/mol. The van der Waals surface area contributed by atoms with Gasteiger partial charge in [0.15, 0.2) is 0 Å². The highest BCUT2D eigenvalue weighted by atomic mass is 16.3. The molecule has 0 heterocycles. The lowest BCUT2D eigenvalue weighted by Gasteiger charge is -2.54. The van der Waals surface area contributed by atoms with Crippen LogP contribution in [-0.4, -0.2) is 29.8 Å². The highest BCUT2D eigenvalue weighted by Gasteiger charge is 2.48. The third-order valence-electron chi connectivity index (χ3n) is 5.70. The van der Waals surface area contributed by atoms with E-state index in [9.17, 15) is 4.79 Å². The summed E-state index contributed by atoms with van der Waals surface area (Å²) >= 11 is 0. The van der Waals surface area contributed by atoms with Crippen LogP contribution < -0.4 is 10.6 Å². The maximum absolute atomic E-state index is 12.1. The van der Waals surface area contributed by atoms with Crippen LogP contribution in [-0.2, 0) is 0 Å². The zero-order chi connectivity index (χ0) is 14.1. The van der Waals surface area contributed by atoms with E-state index >= 15 is 0 Å². The first-order valence-electron chi connectivity index (χ1n) is 8.33. The summed E-state index contributed by atoms with van der Waals surface area (Å²) in [7, 11) is 0. The number of rotatable bonds is 5. The summed E-state index contributed by atoms with van der Waals surface area (Å²) in [6.45, 7) is 2.20. The molecule has 4 aliphatic carbocycles. The Kier molecular flexibility index (Phi) is 4.20. The molecule has 0 aromatic rings. The van der Waals surface area contributed by atoms with Crippen molar-refractivity contribution in [2.45, 2.75) is 64.0 Å². The van der Waals surface area contributed by atoms with Crippen LogP contribution in [0.15, 0.2) is 0 Å². The van der Waals surface area contributed by atoms with Crippen molar-refractivity contribution in [1.29, 1.82) is 0 Å². The monoisotopic (exact) mass is 280 g/mol. The van der Waals surface area contributed by atoms with Crippen LogP contribution in [0.3, 0.4) is 0 Å². The van der Waals surface area contributed by atoms with Gasteiger partial charge in [0.1, 0.15) is 0 Å². The quantitative estimate of drug-likeness (QED) is 0.723. The molecular formula is C16H28N2O2. The maximum Gasteiger partial charge on any atom is 0.315 e. The molecule has 1 atom stereocenters. The minimum absolute atomic E-state index is 0.00656. The van der Waals surface area contributed by atoms with Gasteiger partial charge in [-0.15, -0.1) is 0 Å². The lowest BCUT2D eigenvalue weighted by atomic mass is 9.54. The highest BCUT2D eigenvalue weighted by molar-refractivity contribution is 5.74. The van der Waals surface area contributed by atoms with Crippen LogP contribution in [0, 0.1) is 23.7 Å². The van der Waals surface area contributed by atoms with Gasteiger partial charge in [-0.05, 0) is 75.5 Å². The van der Waals surface area contributed by atoms with Crippen molar-refractivity contribution >= 4 is 6.03 Å². The molecule has 4 nitrogen and oxygen atoms in total. The minimum Gasteiger partial charge on any atom is -0.396 e. The second-order valence-corrected chi connectivity index (χ2v) is 7.34. The maximum atomic E-state index is 12.1. The van der Waals surface area contributed by atoms with Gasteiger partial charge in [-0.25, -0.2) is 4.79 Å². The average molecular weight is 280 g/mol. The fourth-order valence-electron chi connectivity index (χ4n) is 5.05. The first-order chi connectivity index (χ1) is 9.65. The molecule has 0 aliphatic heterocycles. The summed E-state index contributed by atoms with van der Waals surface area (Å²) in [5.74, 6) is 3.35. The van der Waals surface area contributed by atoms with Gasteiger partial charge < -0.3 is 15.7 Å². The first-order valence-corrected chi connectivity index (χ1v) is 8.33. The Labute approximate surface area is 121 Å². The van der Waals surface area contributed by atoms with Crippen molar-refractivity contribution in [3.05, 3.63) is 0 Å². The van der Waals surface area contributed by atoms with Crippen molar-refractivity contribution in [3.8, 4) is 0 Å². The zero-order valence-electron chi connectivity index (χ0n) is 12.5. The first kappa shape index (κ1) is 14.2. The van der Waals surface area contributed by atoms with Crippen LogP contribution in [0.5, 0.6) is 0 Å². The summed E-state index contributed by atoms with van der Waals surface area (Å²) in [4.78, 5) is 12.1. The molecule has 0 saturated heterocycles. The summed E-state index contributed by atoms with van der Waals surface area (Å²) in [6.07, 6.45) is 8.36. The Morgan fingerprint density at radius 2 is 1.75 bits per heavy atom. The van der Waals surface area contributed by atoms with Gasteiger partial charge >= 0.3 is 6.03 Å². The van der Waals surface area contributed by atoms with Gasteiger partial charge in [0.05, 0.1) is 0 Å². The fourth-order valence-corrected chi connectivity index (χ4v) is 5.05. The summed E-state index contributed by atoms with van der Waals surface area (Å²) in [5, 5.41) is 15.1. The second kappa shape index (κ2) is 5.92. The van der Waals surface area contributed by atoms with E-state index < -0.39 is 0 Å². The molecule has 0 aromatic carbocycles. The molecular weight excluding hydrogens is 252 g/mol. The molecule has 0 spiro atoms. The molecule has 4 rings (SSSR count). The molecule has 3 N–H and O–H groups in total.